The molecule has 0 heterocycles. The Bertz CT molecular complexity index is 563. The number of carbonyl (C=O) groups excluding carboxylic acids is 1. The van der Waals surface area contributed by atoms with E-state index in [1.165, 1.54) is 17.5 Å². The van der Waals surface area contributed by atoms with Crippen LogP contribution in [-0.2, 0) is 0 Å². The fourth-order valence-corrected chi connectivity index (χ4v) is 2.96. The summed E-state index contributed by atoms with van der Waals surface area (Å²) in [6.45, 7) is 0. The highest BCUT2D eigenvalue weighted by molar-refractivity contribution is 6.09. The van der Waals surface area contributed by atoms with Gasteiger partial charge in [-0.05, 0) is 41.9 Å². The van der Waals surface area contributed by atoms with Crippen LogP contribution in [0.1, 0.15) is 46.2 Å². The standard InChI is InChI=1S/C15H12O/c16-15(9-3-1-2-4-9)10-5-6-11-12(7-10)14-8-13(11)14/h1-3,5-7,13-14H,4,8H2. The molecule has 1 heteroatoms. The van der Waals surface area contributed by atoms with E-state index in [-0.39, 0.29) is 5.78 Å². The third-order valence-electron chi connectivity index (χ3n) is 4.00. The average Bonchev–Trinajstić information content (AvgIpc) is 2.76. The molecular weight excluding hydrogens is 196 g/mol. The first-order valence-corrected chi connectivity index (χ1v) is 5.89. The molecule has 4 rings (SSSR count). The molecule has 0 aliphatic heterocycles. The lowest BCUT2D eigenvalue weighted by Crippen LogP contribution is -2.07. The minimum atomic E-state index is 0.205. The second-order valence-corrected chi connectivity index (χ2v) is 4.95. The number of carbonyl (C=O) groups is 1. The van der Waals surface area contributed by atoms with Crippen molar-refractivity contribution in [2.75, 3.05) is 0 Å². The Morgan fingerprint density at radius 2 is 2.06 bits per heavy atom. The van der Waals surface area contributed by atoms with Crippen molar-refractivity contribution in [1.82, 2.24) is 0 Å². The number of ketones is 1. The van der Waals surface area contributed by atoms with Gasteiger partial charge < -0.3 is 0 Å². The van der Waals surface area contributed by atoms with Gasteiger partial charge in [-0.25, -0.2) is 0 Å². The molecule has 3 aliphatic rings. The summed E-state index contributed by atoms with van der Waals surface area (Å²) in [4.78, 5) is 12.1. The topological polar surface area (TPSA) is 17.1 Å². The third-order valence-corrected chi connectivity index (χ3v) is 4.00. The first kappa shape index (κ1) is 8.51. The Labute approximate surface area is 94.5 Å². The summed E-state index contributed by atoms with van der Waals surface area (Å²) < 4.78 is 0. The van der Waals surface area contributed by atoms with E-state index in [9.17, 15) is 4.79 Å². The van der Waals surface area contributed by atoms with E-state index in [4.69, 9.17) is 0 Å². The van der Waals surface area contributed by atoms with E-state index in [1.54, 1.807) is 0 Å². The Morgan fingerprint density at radius 1 is 1.19 bits per heavy atom. The van der Waals surface area contributed by atoms with E-state index in [1.807, 2.05) is 24.3 Å². The zero-order chi connectivity index (χ0) is 10.7. The lowest BCUT2D eigenvalue weighted by Gasteiger charge is -2.18. The van der Waals surface area contributed by atoms with Crippen LogP contribution in [-0.4, -0.2) is 5.78 Å². The number of hydrogen-bond acceptors (Lipinski definition) is 1. The number of benzene rings is 1. The second kappa shape index (κ2) is 2.73. The molecule has 1 aromatic rings. The predicted octanol–water partition coefficient (Wildman–Crippen LogP) is 3.34. The summed E-state index contributed by atoms with van der Waals surface area (Å²) in [6.07, 6.45) is 8.04. The first-order valence-electron chi connectivity index (χ1n) is 5.89. The molecule has 0 saturated heterocycles. The van der Waals surface area contributed by atoms with Gasteiger partial charge >= 0.3 is 0 Å². The van der Waals surface area contributed by atoms with Crippen LogP contribution in [0.2, 0.25) is 0 Å². The minimum Gasteiger partial charge on any atom is -0.289 e. The maximum atomic E-state index is 12.1. The van der Waals surface area contributed by atoms with E-state index in [0.29, 0.717) is 0 Å². The molecule has 16 heavy (non-hydrogen) atoms. The van der Waals surface area contributed by atoms with Crippen molar-refractivity contribution in [3.63, 3.8) is 0 Å². The van der Waals surface area contributed by atoms with E-state index in [2.05, 4.69) is 12.1 Å². The van der Waals surface area contributed by atoms with Crippen molar-refractivity contribution in [1.29, 1.82) is 0 Å². The first-order chi connectivity index (χ1) is 7.84. The third kappa shape index (κ3) is 0.981. The van der Waals surface area contributed by atoms with Gasteiger partial charge in [0.2, 0.25) is 0 Å². The lowest BCUT2D eigenvalue weighted by molar-refractivity contribution is 0.103. The van der Waals surface area contributed by atoms with Crippen molar-refractivity contribution in [3.8, 4) is 0 Å². The molecule has 2 atom stereocenters. The van der Waals surface area contributed by atoms with Gasteiger partial charge in [-0.2, -0.15) is 0 Å². The molecule has 1 fully saturated rings. The number of hydrogen-bond donors (Lipinski definition) is 0. The SMILES string of the molecule is O=C(C1=CC=CC1)c1ccc2c(c1)C1CC21. The Balaban J connectivity index is 1.70. The Morgan fingerprint density at radius 3 is 2.88 bits per heavy atom. The van der Waals surface area contributed by atoms with Crippen molar-refractivity contribution >= 4 is 5.78 Å². The number of rotatable bonds is 2. The van der Waals surface area contributed by atoms with Crippen LogP contribution in [0.15, 0.2) is 42.0 Å². The highest BCUT2D eigenvalue weighted by atomic mass is 16.1. The fourth-order valence-electron chi connectivity index (χ4n) is 2.96. The molecule has 0 N–H and O–H groups in total. The smallest absolute Gasteiger partial charge is 0.189 e. The summed E-state index contributed by atoms with van der Waals surface area (Å²) in [5.41, 5.74) is 4.72. The van der Waals surface area contributed by atoms with Gasteiger partial charge in [0, 0.05) is 11.1 Å². The zero-order valence-electron chi connectivity index (χ0n) is 8.94. The highest BCUT2D eigenvalue weighted by Crippen LogP contribution is 2.65. The molecule has 0 amide bonds. The van der Waals surface area contributed by atoms with Crippen molar-refractivity contribution in [3.05, 3.63) is 58.7 Å². The van der Waals surface area contributed by atoms with E-state index < -0.39 is 0 Å². The molecule has 0 radical (unpaired) electrons. The summed E-state index contributed by atoms with van der Waals surface area (Å²) in [5, 5.41) is 0. The molecule has 78 valence electrons. The van der Waals surface area contributed by atoms with Gasteiger partial charge in [0.25, 0.3) is 0 Å². The Kier molecular flexibility index (Phi) is 1.45. The lowest BCUT2D eigenvalue weighted by atomic mass is 9.86. The van der Waals surface area contributed by atoms with E-state index >= 15 is 0 Å². The number of Topliss-reactive ketones (excluding diaryl/α,β-unsaturated/α-hetero) is 1. The summed E-state index contributed by atoms with van der Waals surface area (Å²) in [7, 11) is 0. The molecule has 0 aromatic heterocycles. The Hall–Kier alpha value is -1.63. The summed E-state index contributed by atoms with van der Waals surface area (Å²) in [5.74, 6) is 1.84. The van der Waals surface area contributed by atoms with Crippen LogP contribution in [0.25, 0.3) is 0 Å². The van der Waals surface area contributed by atoms with Gasteiger partial charge in [-0.15, -0.1) is 0 Å². The summed E-state index contributed by atoms with van der Waals surface area (Å²) in [6, 6.07) is 6.26. The molecule has 1 nitrogen and oxygen atoms in total. The van der Waals surface area contributed by atoms with Crippen LogP contribution >= 0.6 is 0 Å². The largest absolute Gasteiger partial charge is 0.289 e. The normalized spacial score (nSPS) is 27.9. The van der Waals surface area contributed by atoms with Crippen LogP contribution in [0.3, 0.4) is 0 Å². The molecule has 1 saturated carbocycles. The number of fused-ring (bicyclic) bond motifs is 4. The monoisotopic (exact) mass is 208 g/mol. The van der Waals surface area contributed by atoms with E-state index in [0.717, 1.165) is 29.4 Å². The molecule has 1 aromatic carbocycles. The minimum absolute atomic E-state index is 0.205. The van der Waals surface area contributed by atoms with Gasteiger partial charge in [0.05, 0.1) is 0 Å². The molecular formula is C15H12O. The predicted molar refractivity (Wildman–Crippen MR) is 62.7 cm³/mol. The molecule has 0 bridgehead atoms. The van der Waals surface area contributed by atoms with Crippen LogP contribution in [0.5, 0.6) is 0 Å². The maximum absolute atomic E-state index is 12.1. The second-order valence-electron chi connectivity index (χ2n) is 4.95. The van der Waals surface area contributed by atoms with Gasteiger partial charge in [-0.1, -0.05) is 30.4 Å². The highest BCUT2D eigenvalue weighted by Gasteiger charge is 2.50. The van der Waals surface area contributed by atoms with Gasteiger partial charge in [0.15, 0.2) is 5.78 Å². The van der Waals surface area contributed by atoms with Crippen LogP contribution in [0, 0.1) is 0 Å². The fraction of sp³-hybridized carbons (Fsp3) is 0.267. The average molecular weight is 208 g/mol. The number of allylic oxidation sites excluding steroid dienone is 4. The molecule has 2 unspecified atom stereocenters. The van der Waals surface area contributed by atoms with Crippen LogP contribution in [0.4, 0.5) is 0 Å². The van der Waals surface area contributed by atoms with Crippen molar-refractivity contribution in [2.24, 2.45) is 0 Å². The molecule has 0 spiro atoms. The maximum Gasteiger partial charge on any atom is 0.189 e. The quantitative estimate of drug-likeness (QED) is 0.681. The molecule has 3 aliphatic carbocycles. The summed E-state index contributed by atoms with van der Waals surface area (Å²) >= 11 is 0. The van der Waals surface area contributed by atoms with Gasteiger partial charge in [-0.3, -0.25) is 4.79 Å². The zero-order valence-corrected chi connectivity index (χ0v) is 8.94. The van der Waals surface area contributed by atoms with Crippen LogP contribution < -0.4 is 0 Å². The van der Waals surface area contributed by atoms with Crippen molar-refractivity contribution < 1.29 is 4.79 Å². The van der Waals surface area contributed by atoms with Gasteiger partial charge in [0.1, 0.15) is 0 Å². The van der Waals surface area contributed by atoms with Crippen molar-refractivity contribution in [2.45, 2.75) is 24.7 Å².